The smallest absolute Gasteiger partial charge is 0.247 e. The molecular formula is C23H24N2O3. The predicted octanol–water partition coefficient (Wildman–Crippen LogP) is 4.28. The highest BCUT2D eigenvalue weighted by Gasteiger charge is 2.28. The highest BCUT2D eigenvalue weighted by Crippen LogP contribution is 2.32. The molecule has 0 bridgehead atoms. The highest BCUT2D eigenvalue weighted by molar-refractivity contribution is 5.92. The van der Waals surface area contributed by atoms with Crippen LogP contribution in [0.3, 0.4) is 0 Å². The van der Waals surface area contributed by atoms with Gasteiger partial charge in [0.2, 0.25) is 5.91 Å². The number of nitriles is 1. The molecule has 5 heteroatoms. The van der Waals surface area contributed by atoms with Crippen LogP contribution in [0.5, 0.6) is 11.5 Å². The normalized spacial score (nSPS) is 16.2. The van der Waals surface area contributed by atoms with Gasteiger partial charge < -0.3 is 14.4 Å². The molecule has 1 aliphatic heterocycles. The second-order valence-electron chi connectivity index (χ2n) is 6.79. The number of likely N-dealkylation sites (tertiary alicyclic amines) is 1. The zero-order valence-corrected chi connectivity index (χ0v) is 16.2. The summed E-state index contributed by atoms with van der Waals surface area (Å²) < 4.78 is 10.6. The Kier molecular flexibility index (Phi) is 6.33. The van der Waals surface area contributed by atoms with Gasteiger partial charge in [-0.15, -0.1) is 0 Å². The fourth-order valence-corrected chi connectivity index (χ4v) is 3.45. The first-order valence-corrected chi connectivity index (χ1v) is 9.35. The highest BCUT2D eigenvalue weighted by atomic mass is 16.5. The van der Waals surface area contributed by atoms with Crippen LogP contribution in [0.25, 0.3) is 6.08 Å². The number of carbonyl (C=O) groups excluding carboxylic acids is 1. The summed E-state index contributed by atoms with van der Waals surface area (Å²) in [6.07, 6.45) is 5.39. The third-order valence-corrected chi connectivity index (χ3v) is 4.90. The molecule has 0 saturated carbocycles. The van der Waals surface area contributed by atoms with E-state index in [9.17, 15) is 4.79 Å². The number of aryl methyl sites for hydroxylation is 1. The van der Waals surface area contributed by atoms with Crippen molar-refractivity contribution in [3.05, 3.63) is 65.2 Å². The molecule has 3 rings (SSSR count). The maximum absolute atomic E-state index is 12.8. The molecule has 0 N–H and O–H groups in total. The summed E-state index contributed by atoms with van der Waals surface area (Å²) in [6, 6.07) is 15.8. The van der Waals surface area contributed by atoms with E-state index in [2.05, 4.69) is 31.2 Å². The van der Waals surface area contributed by atoms with Crippen LogP contribution < -0.4 is 9.47 Å². The van der Waals surface area contributed by atoms with Gasteiger partial charge in [0.1, 0.15) is 6.07 Å². The molecule has 1 atom stereocenters. The first kappa shape index (κ1) is 19.5. The molecule has 0 radical (unpaired) electrons. The van der Waals surface area contributed by atoms with Crippen molar-refractivity contribution in [2.24, 2.45) is 0 Å². The van der Waals surface area contributed by atoms with Crippen LogP contribution >= 0.6 is 0 Å². The molecule has 0 spiro atoms. The summed E-state index contributed by atoms with van der Waals surface area (Å²) in [5, 5.41) is 8.64. The fraction of sp³-hybridized carbons (Fsp3) is 0.304. The van der Waals surface area contributed by atoms with E-state index in [0.717, 1.165) is 24.9 Å². The van der Waals surface area contributed by atoms with Crippen LogP contribution in [0, 0.1) is 18.3 Å². The Morgan fingerprint density at radius 2 is 2.04 bits per heavy atom. The lowest BCUT2D eigenvalue weighted by Gasteiger charge is -2.24. The van der Waals surface area contributed by atoms with Crippen LogP contribution in [0.2, 0.25) is 0 Å². The number of methoxy groups -OCH3 is 1. The average molecular weight is 376 g/mol. The number of benzene rings is 2. The number of nitrogens with zero attached hydrogens (tertiary/aromatic N) is 2. The standard InChI is InChI=1S/C23H24N2O3/c1-17-5-9-19(10-6-17)20-4-3-14-25(20)23(26)12-8-18-7-11-21(28-15-13-24)22(16-18)27-2/h5-12,16,20H,3-4,14-15H2,1-2H3/b12-8+. The van der Waals surface area contributed by atoms with E-state index in [1.54, 1.807) is 31.4 Å². The van der Waals surface area contributed by atoms with Crippen LogP contribution in [-0.4, -0.2) is 31.1 Å². The van der Waals surface area contributed by atoms with E-state index in [1.807, 2.05) is 17.0 Å². The van der Waals surface area contributed by atoms with Gasteiger partial charge in [0.25, 0.3) is 0 Å². The first-order chi connectivity index (χ1) is 13.6. The summed E-state index contributed by atoms with van der Waals surface area (Å²) in [7, 11) is 1.55. The lowest BCUT2D eigenvalue weighted by Crippen LogP contribution is -2.28. The van der Waals surface area contributed by atoms with Gasteiger partial charge in [-0.2, -0.15) is 5.26 Å². The third kappa shape index (κ3) is 4.52. The Labute approximate surface area is 165 Å². The van der Waals surface area contributed by atoms with Gasteiger partial charge in [-0.25, -0.2) is 0 Å². The minimum absolute atomic E-state index is 0.00634. The second-order valence-corrected chi connectivity index (χ2v) is 6.79. The van der Waals surface area contributed by atoms with Crippen molar-refractivity contribution >= 4 is 12.0 Å². The molecule has 1 heterocycles. The molecule has 0 aromatic heterocycles. The number of hydrogen-bond acceptors (Lipinski definition) is 4. The number of carbonyl (C=O) groups is 1. The topological polar surface area (TPSA) is 62.6 Å². The van der Waals surface area contributed by atoms with E-state index < -0.39 is 0 Å². The van der Waals surface area contributed by atoms with Gasteiger partial charge in [0.15, 0.2) is 18.1 Å². The molecule has 144 valence electrons. The van der Waals surface area contributed by atoms with Crippen molar-refractivity contribution in [2.45, 2.75) is 25.8 Å². The monoisotopic (exact) mass is 376 g/mol. The quantitative estimate of drug-likeness (QED) is 0.706. The minimum Gasteiger partial charge on any atom is -0.493 e. The van der Waals surface area contributed by atoms with E-state index in [4.69, 9.17) is 14.7 Å². The molecule has 1 aliphatic rings. The van der Waals surface area contributed by atoms with Crippen molar-refractivity contribution in [3.63, 3.8) is 0 Å². The molecule has 5 nitrogen and oxygen atoms in total. The van der Waals surface area contributed by atoms with E-state index in [0.29, 0.717) is 11.5 Å². The van der Waals surface area contributed by atoms with Crippen LogP contribution in [-0.2, 0) is 4.79 Å². The Morgan fingerprint density at radius 1 is 1.25 bits per heavy atom. The molecule has 1 unspecified atom stereocenters. The van der Waals surface area contributed by atoms with Gasteiger partial charge >= 0.3 is 0 Å². The molecule has 2 aromatic rings. The predicted molar refractivity (Wildman–Crippen MR) is 108 cm³/mol. The number of rotatable bonds is 6. The van der Waals surface area contributed by atoms with Crippen molar-refractivity contribution in [1.29, 1.82) is 5.26 Å². The van der Waals surface area contributed by atoms with Gasteiger partial charge in [0, 0.05) is 12.6 Å². The number of ether oxygens (including phenoxy) is 2. The lowest BCUT2D eigenvalue weighted by atomic mass is 10.0. The summed E-state index contributed by atoms with van der Waals surface area (Å²) in [5.41, 5.74) is 3.24. The summed E-state index contributed by atoms with van der Waals surface area (Å²) in [6.45, 7) is 2.79. The Hall–Kier alpha value is -3.26. The maximum atomic E-state index is 12.8. The number of hydrogen-bond donors (Lipinski definition) is 0. The van der Waals surface area contributed by atoms with Gasteiger partial charge in [-0.1, -0.05) is 35.9 Å². The number of amides is 1. The summed E-state index contributed by atoms with van der Waals surface area (Å²) in [5.74, 6) is 1.04. The SMILES string of the molecule is COc1cc(/C=C/C(=O)N2CCCC2c2ccc(C)cc2)ccc1OCC#N. The van der Waals surface area contributed by atoms with Crippen molar-refractivity contribution in [1.82, 2.24) is 4.90 Å². The molecule has 2 aromatic carbocycles. The average Bonchev–Trinajstić information content (AvgIpc) is 3.21. The van der Waals surface area contributed by atoms with Gasteiger partial charge in [-0.05, 0) is 49.1 Å². The fourth-order valence-electron chi connectivity index (χ4n) is 3.45. The zero-order chi connectivity index (χ0) is 19.9. The third-order valence-electron chi connectivity index (χ3n) is 4.90. The minimum atomic E-state index is -0.0423. The summed E-state index contributed by atoms with van der Waals surface area (Å²) >= 11 is 0. The van der Waals surface area contributed by atoms with Crippen molar-refractivity contribution in [2.75, 3.05) is 20.3 Å². The lowest BCUT2D eigenvalue weighted by molar-refractivity contribution is -0.126. The van der Waals surface area contributed by atoms with Crippen molar-refractivity contribution in [3.8, 4) is 17.6 Å². The van der Waals surface area contributed by atoms with E-state index in [1.165, 1.54) is 11.1 Å². The molecular weight excluding hydrogens is 352 g/mol. The van der Waals surface area contributed by atoms with Crippen molar-refractivity contribution < 1.29 is 14.3 Å². The Morgan fingerprint density at radius 3 is 2.75 bits per heavy atom. The van der Waals surface area contributed by atoms with Crippen LogP contribution in [0.1, 0.15) is 35.6 Å². The van der Waals surface area contributed by atoms with Gasteiger partial charge in [0.05, 0.1) is 13.2 Å². The van der Waals surface area contributed by atoms with Gasteiger partial charge in [-0.3, -0.25) is 4.79 Å². The maximum Gasteiger partial charge on any atom is 0.247 e. The van der Waals surface area contributed by atoms with E-state index >= 15 is 0 Å². The van der Waals surface area contributed by atoms with E-state index in [-0.39, 0.29) is 18.6 Å². The molecule has 28 heavy (non-hydrogen) atoms. The van der Waals surface area contributed by atoms with Crippen LogP contribution in [0.4, 0.5) is 0 Å². The zero-order valence-electron chi connectivity index (χ0n) is 16.2. The molecule has 1 amide bonds. The summed E-state index contributed by atoms with van der Waals surface area (Å²) in [4.78, 5) is 14.7. The second kappa shape index (κ2) is 9.09. The first-order valence-electron chi connectivity index (χ1n) is 9.35. The molecule has 1 saturated heterocycles. The Balaban J connectivity index is 1.72. The van der Waals surface area contributed by atoms with Crippen LogP contribution in [0.15, 0.2) is 48.5 Å². The Bertz CT molecular complexity index is 897. The largest absolute Gasteiger partial charge is 0.493 e. The molecule has 0 aliphatic carbocycles. The molecule has 1 fully saturated rings.